The number of aromatic nitrogens is 2. The van der Waals surface area contributed by atoms with Crippen molar-refractivity contribution in [1.29, 1.82) is 0 Å². The highest BCUT2D eigenvalue weighted by molar-refractivity contribution is 6.32. The predicted molar refractivity (Wildman–Crippen MR) is 126 cm³/mol. The van der Waals surface area contributed by atoms with E-state index >= 15 is 0 Å². The maximum atomic E-state index is 13.0. The van der Waals surface area contributed by atoms with Gasteiger partial charge in [-0.3, -0.25) is 9.59 Å². The first-order valence-corrected chi connectivity index (χ1v) is 11.7. The number of hydrogen-bond acceptors (Lipinski definition) is 4. The average molecular weight is 456 g/mol. The SMILES string of the molecule is NCC1CCC(C(=O)N[C@H]2CC=CCCC(=O)Nc3ccccc3-c3nc2[nH]c3Cl)CC1. The minimum Gasteiger partial charge on any atom is -0.346 e. The molecule has 2 aliphatic rings. The number of anilines is 1. The topological polar surface area (TPSA) is 113 Å². The maximum Gasteiger partial charge on any atom is 0.224 e. The normalized spacial score (nSPS) is 23.8. The van der Waals surface area contributed by atoms with Crippen LogP contribution in [0.3, 0.4) is 0 Å². The Bertz CT molecular complexity index is 994. The van der Waals surface area contributed by atoms with E-state index in [-0.39, 0.29) is 23.8 Å². The van der Waals surface area contributed by atoms with Crippen LogP contribution in [0.15, 0.2) is 36.4 Å². The number of allylic oxidation sites excluding steroid dienone is 1. The number of nitrogens with one attached hydrogen (secondary N) is 3. The summed E-state index contributed by atoms with van der Waals surface area (Å²) in [6.45, 7) is 0.689. The van der Waals surface area contributed by atoms with Gasteiger partial charge in [0.2, 0.25) is 11.8 Å². The molecule has 2 amide bonds. The molecule has 32 heavy (non-hydrogen) atoms. The van der Waals surface area contributed by atoms with Crippen molar-refractivity contribution in [3.8, 4) is 11.3 Å². The molecule has 7 nitrogen and oxygen atoms in total. The van der Waals surface area contributed by atoms with E-state index in [0.29, 0.717) is 54.1 Å². The summed E-state index contributed by atoms with van der Waals surface area (Å²) >= 11 is 6.52. The smallest absolute Gasteiger partial charge is 0.224 e. The molecule has 5 N–H and O–H groups in total. The van der Waals surface area contributed by atoms with Gasteiger partial charge in [0, 0.05) is 17.9 Å². The third kappa shape index (κ3) is 5.22. The van der Waals surface area contributed by atoms with Gasteiger partial charge in [-0.1, -0.05) is 42.0 Å². The monoisotopic (exact) mass is 455 g/mol. The predicted octanol–water partition coefficient (Wildman–Crippen LogP) is 4.33. The van der Waals surface area contributed by atoms with Gasteiger partial charge in [0.05, 0.1) is 11.7 Å². The fourth-order valence-electron chi connectivity index (χ4n) is 4.48. The number of nitrogens with two attached hydrogens (primary N) is 1. The van der Waals surface area contributed by atoms with Crippen molar-refractivity contribution in [2.75, 3.05) is 11.9 Å². The molecule has 1 atom stereocenters. The van der Waals surface area contributed by atoms with Gasteiger partial charge in [-0.05, 0) is 57.1 Å². The van der Waals surface area contributed by atoms with Gasteiger partial charge in [-0.2, -0.15) is 0 Å². The second kappa shape index (κ2) is 10.3. The summed E-state index contributed by atoms with van der Waals surface area (Å²) in [6, 6.07) is 7.13. The summed E-state index contributed by atoms with van der Waals surface area (Å²) in [7, 11) is 0. The number of amides is 2. The Kier molecular flexibility index (Phi) is 7.27. The third-order valence-corrected chi connectivity index (χ3v) is 6.68. The zero-order chi connectivity index (χ0) is 22.5. The first kappa shape index (κ1) is 22.6. The number of H-pyrrole nitrogens is 1. The van der Waals surface area contributed by atoms with E-state index in [1.807, 2.05) is 36.4 Å². The summed E-state index contributed by atoms with van der Waals surface area (Å²) < 4.78 is 0. The molecule has 1 fully saturated rings. The third-order valence-electron chi connectivity index (χ3n) is 6.41. The van der Waals surface area contributed by atoms with Crippen molar-refractivity contribution in [2.45, 2.75) is 51.0 Å². The second-order valence-electron chi connectivity index (χ2n) is 8.64. The highest BCUT2D eigenvalue weighted by Crippen LogP contribution is 2.34. The molecule has 0 radical (unpaired) electrons. The van der Waals surface area contributed by atoms with Gasteiger partial charge >= 0.3 is 0 Å². The summed E-state index contributed by atoms with van der Waals surface area (Å²) in [5, 5.41) is 6.52. The van der Waals surface area contributed by atoms with Gasteiger partial charge in [0.15, 0.2) is 0 Å². The standard InChI is InChI=1S/C24H30ClN5O2/c25-22-21-17-6-4-5-7-18(17)27-20(31)9-3-1-2-8-19(23(29-21)30-22)28-24(32)16-12-10-15(14-26)11-13-16/h1-2,4-7,15-16,19H,3,8-14,26H2,(H,27,31)(H,28,32)(H,29,30)/t15?,16?,19-/m0/s1. The molecule has 8 heteroatoms. The summed E-state index contributed by atoms with van der Waals surface area (Å²) in [5.41, 5.74) is 7.76. The van der Waals surface area contributed by atoms with Crippen LogP contribution < -0.4 is 16.4 Å². The van der Waals surface area contributed by atoms with E-state index in [0.717, 1.165) is 31.2 Å². The maximum absolute atomic E-state index is 13.0. The molecule has 2 heterocycles. The number of carbonyl (C=O) groups excluding carboxylic acids is 2. The lowest BCUT2D eigenvalue weighted by molar-refractivity contribution is -0.127. The Labute approximate surface area is 193 Å². The Morgan fingerprint density at radius 1 is 1.19 bits per heavy atom. The number of halogens is 1. The second-order valence-corrected chi connectivity index (χ2v) is 9.02. The first-order chi connectivity index (χ1) is 15.5. The van der Waals surface area contributed by atoms with Crippen LogP contribution in [0, 0.1) is 11.8 Å². The van der Waals surface area contributed by atoms with Crippen molar-refractivity contribution in [3.63, 3.8) is 0 Å². The molecule has 1 aliphatic carbocycles. The van der Waals surface area contributed by atoms with Crippen LogP contribution in [0.1, 0.15) is 56.8 Å². The number of fused-ring (bicyclic) bond motifs is 4. The highest BCUT2D eigenvalue weighted by atomic mass is 35.5. The van der Waals surface area contributed by atoms with Crippen molar-refractivity contribution in [3.05, 3.63) is 47.4 Å². The zero-order valence-electron chi connectivity index (χ0n) is 18.1. The molecule has 1 aromatic heterocycles. The molecule has 2 aromatic rings. The largest absolute Gasteiger partial charge is 0.346 e. The summed E-state index contributed by atoms with van der Waals surface area (Å²) in [6.07, 6.45) is 9.25. The van der Waals surface area contributed by atoms with E-state index < -0.39 is 0 Å². The minimum absolute atomic E-state index is 0.00110. The zero-order valence-corrected chi connectivity index (χ0v) is 18.8. The molecular weight excluding hydrogens is 426 g/mol. The molecule has 0 spiro atoms. The molecular formula is C24H30ClN5O2. The fraction of sp³-hybridized carbons (Fsp3) is 0.458. The minimum atomic E-state index is -0.325. The van der Waals surface area contributed by atoms with Crippen LogP contribution in [0.25, 0.3) is 11.3 Å². The van der Waals surface area contributed by atoms with Crippen LogP contribution in [-0.4, -0.2) is 28.3 Å². The quantitative estimate of drug-likeness (QED) is 0.516. The van der Waals surface area contributed by atoms with Crippen molar-refractivity contribution >= 4 is 29.1 Å². The van der Waals surface area contributed by atoms with Gasteiger partial charge in [0.1, 0.15) is 16.7 Å². The lowest BCUT2D eigenvalue weighted by Crippen LogP contribution is -2.36. The molecule has 2 bridgehead atoms. The molecule has 4 rings (SSSR count). The Hall–Kier alpha value is -2.64. The number of hydrogen-bond donors (Lipinski definition) is 4. The summed E-state index contributed by atoms with van der Waals surface area (Å²) in [4.78, 5) is 33.3. The van der Waals surface area contributed by atoms with E-state index in [2.05, 4.69) is 15.6 Å². The lowest BCUT2D eigenvalue weighted by Gasteiger charge is -2.28. The Morgan fingerprint density at radius 3 is 2.75 bits per heavy atom. The van der Waals surface area contributed by atoms with Gasteiger partial charge < -0.3 is 21.4 Å². The number of para-hydroxylation sites is 1. The van der Waals surface area contributed by atoms with Crippen molar-refractivity contribution in [1.82, 2.24) is 15.3 Å². The average Bonchev–Trinajstić information content (AvgIpc) is 3.19. The molecule has 0 unspecified atom stereocenters. The molecule has 0 saturated heterocycles. The number of nitrogens with zero attached hydrogens (tertiary/aromatic N) is 1. The Morgan fingerprint density at radius 2 is 1.97 bits per heavy atom. The van der Waals surface area contributed by atoms with Crippen LogP contribution in [0.5, 0.6) is 0 Å². The highest BCUT2D eigenvalue weighted by Gasteiger charge is 2.28. The lowest BCUT2D eigenvalue weighted by atomic mass is 9.81. The molecule has 1 aliphatic heterocycles. The molecule has 1 aromatic carbocycles. The van der Waals surface area contributed by atoms with Gasteiger partial charge in [-0.25, -0.2) is 4.98 Å². The van der Waals surface area contributed by atoms with E-state index in [4.69, 9.17) is 22.3 Å². The van der Waals surface area contributed by atoms with Crippen LogP contribution >= 0.6 is 11.6 Å². The number of aromatic amines is 1. The van der Waals surface area contributed by atoms with Crippen LogP contribution in [0.2, 0.25) is 5.15 Å². The number of carbonyl (C=O) groups is 2. The van der Waals surface area contributed by atoms with Gasteiger partial charge in [-0.15, -0.1) is 0 Å². The molecule has 170 valence electrons. The van der Waals surface area contributed by atoms with E-state index in [9.17, 15) is 9.59 Å². The Balaban J connectivity index is 1.60. The van der Waals surface area contributed by atoms with Gasteiger partial charge in [0.25, 0.3) is 0 Å². The van der Waals surface area contributed by atoms with Crippen molar-refractivity contribution in [2.24, 2.45) is 17.6 Å². The van der Waals surface area contributed by atoms with Crippen LogP contribution in [0.4, 0.5) is 5.69 Å². The number of imidazole rings is 1. The van der Waals surface area contributed by atoms with E-state index in [1.54, 1.807) is 0 Å². The van der Waals surface area contributed by atoms with Crippen molar-refractivity contribution < 1.29 is 9.59 Å². The fourth-order valence-corrected chi connectivity index (χ4v) is 4.72. The summed E-state index contributed by atoms with van der Waals surface area (Å²) in [5.74, 6) is 1.12. The number of rotatable bonds is 3. The van der Waals surface area contributed by atoms with Crippen LogP contribution in [-0.2, 0) is 9.59 Å². The molecule has 1 saturated carbocycles. The first-order valence-electron chi connectivity index (χ1n) is 11.3. The number of benzene rings is 1. The van der Waals surface area contributed by atoms with E-state index in [1.165, 1.54) is 0 Å².